The first-order chi connectivity index (χ1) is 23.0. The summed E-state index contributed by atoms with van der Waals surface area (Å²) < 4.78 is 2.62. The molecule has 0 amide bonds. The number of aromatic nitrogens is 2. The Bertz CT molecular complexity index is 2390. The highest BCUT2D eigenvalue weighted by atomic mass is 32.1. The maximum atomic E-state index is 5.13. The van der Waals surface area contributed by atoms with Crippen molar-refractivity contribution in [1.82, 2.24) is 9.97 Å². The monoisotopic (exact) mass is 621 g/mol. The van der Waals surface area contributed by atoms with Crippen molar-refractivity contribution < 1.29 is 0 Å². The molecule has 0 bridgehead atoms. The zero-order chi connectivity index (χ0) is 31.5. The number of fused-ring (bicyclic) bond motifs is 5. The topological polar surface area (TPSA) is 29.0 Å². The van der Waals surface area contributed by atoms with E-state index < -0.39 is 0 Å². The van der Waals surface area contributed by atoms with Crippen molar-refractivity contribution in [2.45, 2.75) is 19.3 Å². The van der Waals surface area contributed by atoms with Gasteiger partial charge in [0.2, 0.25) is 0 Å². The van der Waals surface area contributed by atoms with Gasteiger partial charge in [0.05, 0.1) is 22.8 Å². The van der Waals surface area contributed by atoms with Crippen LogP contribution in [0.15, 0.2) is 152 Å². The second-order valence-corrected chi connectivity index (χ2v) is 13.8. The summed E-state index contributed by atoms with van der Waals surface area (Å²) in [5.74, 6) is 0.706. The van der Waals surface area contributed by atoms with Crippen LogP contribution >= 0.6 is 11.3 Å². The van der Waals surface area contributed by atoms with Crippen molar-refractivity contribution in [3.63, 3.8) is 0 Å². The van der Waals surface area contributed by atoms with Gasteiger partial charge in [-0.15, -0.1) is 11.3 Å². The van der Waals surface area contributed by atoms with Gasteiger partial charge in [-0.3, -0.25) is 0 Å². The average molecular weight is 622 g/mol. The number of nitrogens with zero attached hydrogens (tertiary/aromatic N) is 3. The summed E-state index contributed by atoms with van der Waals surface area (Å²) >= 11 is 1.87. The lowest BCUT2D eigenvalue weighted by Crippen LogP contribution is -2.30. The molecule has 47 heavy (non-hydrogen) atoms. The quantitative estimate of drug-likeness (QED) is 0.196. The fraction of sp³-hybridized carbons (Fsp3) is 0.0698. The highest BCUT2D eigenvalue weighted by molar-refractivity contribution is 7.25. The van der Waals surface area contributed by atoms with Gasteiger partial charge in [-0.05, 0) is 53.6 Å². The normalized spacial score (nSPS) is 13.4. The zero-order valence-corrected chi connectivity index (χ0v) is 27.0. The second kappa shape index (κ2) is 10.8. The zero-order valence-electron chi connectivity index (χ0n) is 26.2. The van der Waals surface area contributed by atoms with Crippen molar-refractivity contribution >= 4 is 48.6 Å². The Morgan fingerprint density at radius 2 is 1.13 bits per heavy atom. The Balaban J connectivity index is 1.25. The van der Waals surface area contributed by atoms with Gasteiger partial charge < -0.3 is 4.90 Å². The van der Waals surface area contributed by atoms with E-state index in [1.807, 2.05) is 23.5 Å². The molecule has 0 unspecified atom stereocenters. The van der Waals surface area contributed by atoms with Gasteiger partial charge in [0.1, 0.15) is 0 Å². The second-order valence-electron chi connectivity index (χ2n) is 12.7. The minimum atomic E-state index is -0.172. The number of rotatable bonds is 4. The fourth-order valence-electron chi connectivity index (χ4n) is 7.07. The van der Waals surface area contributed by atoms with Gasteiger partial charge in [-0.25, -0.2) is 9.97 Å². The predicted octanol–water partition coefficient (Wildman–Crippen LogP) is 12.0. The van der Waals surface area contributed by atoms with Crippen molar-refractivity contribution in [2.75, 3.05) is 4.90 Å². The van der Waals surface area contributed by atoms with E-state index in [2.05, 4.69) is 158 Å². The van der Waals surface area contributed by atoms with Crippen LogP contribution in [0, 0.1) is 0 Å². The van der Waals surface area contributed by atoms with E-state index in [9.17, 15) is 0 Å². The third-order valence-electron chi connectivity index (χ3n) is 9.46. The van der Waals surface area contributed by atoms with E-state index in [1.165, 1.54) is 42.7 Å². The molecule has 224 valence electrons. The van der Waals surface area contributed by atoms with Crippen LogP contribution < -0.4 is 4.90 Å². The molecule has 3 heterocycles. The molecule has 0 fully saturated rings. The van der Waals surface area contributed by atoms with E-state index in [0.717, 1.165) is 33.8 Å². The molecule has 1 aliphatic heterocycles. The van der Waals surface area contributed by atoms with Crippen molar-refractivity contribution in [1.29, 1.82) is 0 Å². The summed E-state index contributed by atoms with van der Waals surface area (Å²) in [6.45, 7) is 4.71. The molecular formula is C43H31N3S. The van der Waals surface area contributed by atoms with Crippen molar-refractivity contribution in [3.05, 3.63) is 163 Å². The molecule has 0 spiro atoms. The van der Waals surface area contributed by atoms with Crippen LogP contribution in [0.25, 0.3) is 54.1 Å². The summed E-state index contributed by atoms with van der Waals surface area (Å²) in [6, 6.07) is 54.0. The summed E-state index contributed by atoms with van der Waals surface area (Å²) in [4.78, 5) is 12.7. The first-order valence-corrected chi connectivity index (χ1v) is 16.8. The van der Waals surface area contributed by atoms with Crippen LogP contribution in [0.1, 0.15) is 25.0 Å². The fourth-order valence-corrected chi connectivity index (χ4v) is 8.19. The Kier molecular flexibility index (Phi) is 6.34. The Morgan fingerprint density at radius 3 is 1.87 bits per heavy atom. The molecule has 0 aliphatic carbocycles. The minimum absolute atomic E-state index is 0.172. The molecule has 4 heteroatoms. The number of para-hydroxylation sites is 1. The number of hydrogen-bond acceptors (Lipinski definition) is 4. The first kappa shape index (κ1) is 27.7. The SMILES string of the molecule is CC1(C)c2ccccc2N(c2cccc(-c3nc(-c4ccccc4)cc(-c4ccccc4)n3)c2)c2cc3sc4ccccc4c3cc21. The molecule has 9 rings (SSSR count). The van der Waals surface area contributed by atoms with Gasteiger partial charge >= 0.3 is 0 Å². The molecule has 0 saturated heterocycles. The van der Waals surface area contributed by atoms with Gasteiger partial charge in [-0.2, -0.15) is 0 Å². The van der Waals surface area contributed by atoms with Crippen LogP contribution in [-0.4, -0.2) is 9.97 Å². The molecule has 3 nitrogen and oxygen atoms in total. The van der Waals surface area contributed by atoms with E-state index >= 15 is 0 Å². The highest BCUT2D eigenvalue weighted by Crippen LogP contribution is 2.54. The third kappa shape index (κ3) is 4.56. The molecule has 0 saturated carbocycles. The lowest BCUT2D eigenvalue weighted by molar-refractivity contribution is 0.633. The first-order valence-electron chi connectivity index (χ1n) is 16.0. The van der Waals surface area contributed by atoms with Gasteiger partial charge in [-0.1, -0.05) is 123 Å². The molecule has 1 aliphatic rings. The van der Waals surface area contributed by atoms with Crippen LogP contribution in [-0.2, 0) is 5.41 Å². The smallest absolute Gasteiger partial charge is 0.160 e. The van der Waals surface area contributed by atoms with Crippen LogP contribution in [0.2, 0.25) is 0 Å². The van der Waals surface area contributed by atoms with Gasteiger partial charge in [0.25, 0.3) is 0 Å². The molecule has 0 radical (unpaired) electrons. The largest absolute Gasteiger partial charge is 0.310 e. The average Bonchev–Trinajstić information content (AvgIpc) is 3.49. The predicted molar refractivity (Wildman–Crippen MR) is 198 cm³/mol. The highest BCUT2D eigenvalue weighted by Gasteiger charge is 2.37. The molecule has 6 aromatic carbocycles. The number of hydrogen-bond donors (Lipinski definition) is 0. The van der Waals surface area contributed by atoms with Crippen LogP contribution in [0.5, 0.6) is 0 Å². The molecule has 2 aromatic heterocycles. The van der Waals surface area contributed by atoms with E-state index in [0.29, 0.717) is 5.82 Å². The minimum Gasteiger partial charge on any atom is -0.310 e. The lowest BCUT2D eigenvalue weighted by Gasteiger charge is -2.42. The molecule has 8 aromatic rings. The van der Waals surface area contributed by atoms with Crippen LogP contribution in [0.4, 0.5) is 17.1 Å². The Morgan fingerprint density at radius 1 is 0.489 bits per heavy atom. The number of benzene rings is 6. The Hall–Kier alpha value is -5.58. The Labute approximate surface area is 278 Å². The molecular weight excluding hydrogens is 591 g/mol. The summed E-state index contributed by atoms with van der Waals surface area (Å²) in [5.41, 5.74) is 10.9. The summed E-state index contributed by atoms with van der Waals surface area (Å²) in [7, 11) is 0. The standard InChI is InChI=1S/C43H31N3S/c1-43(2)34-21-10-11-22-38(34)46(39-27-41-33(25-35(39)43)32-20-9-12-23-40(32)47-41)31-19-13-18-30(24-31)42-44-36(28-14-5-3-6-15-28)26-37(45-42)29-16-7-4-8-17-29/h3-27H,1-2H3. The number of thiophene rings is 1. The molecule has 0 atom stereocenters. The van der Waals surface area contributed by atoms with E-state index in [4.69, 9.17) is 9.97 Å². The number of anilines is 3. The van der Waals surface area contributed by atoms with Gasteiger partial charge in [0, 0.05) is 48.0 Å². The molecule has 0 N–H and O–H groups in total. The third-order valence-corrected chi connectivity index (χ3v) is 10.6. The summed E-state index contributed by atoms with van der Waals surface area (Å²) in [6.07, 6.45) is 0. The van der Waals surface area contributed by atoms with E-state index in [1.54, 1.807) is 0 Å². The van der Waals surface area contributed by atoms with Crippen LogP contribution in [0.3, 0.4) is 0 Å². The van der Waals surface area contributed by atoms with Gasteiger partial charge in [0.15, 0.2) is 5.82 Å². The summed E-state index contributed by atoms with van der Waals surface area (Å²) in [5, 5.41) is 2.65. The lowest BCUT2D eigenvalue weighted by atomic mass is 9.73. The maximum Gasteiger partial charge on any atom is 0.160 e. The van der Waals surface area contributed by atoms with E-state index in [-0.39, 0.29) is 5.41 Å². The van der Waals surface area contributed by atoms with Crippen molar-refractivity contribution in [2.24, 2.45) is 0 Å². The maximum absolute atomic E-state index is 5.13. The van der Waals surface area contributed by atoms with Crippen molar-refractivity contribution in [3.8, 4) is 33.9 Å².